The number of hydrogen-bond donors (Lipinski definition) is 2. The van der Waals surface area contributed by atoms with Gasteiger partial charge in [-0.05, 0) is 24.5 Å². The Bertz CT molecular complexity index is 425. The first-order valence-corrected chi connectivity index (χ1v) is 8.27. The van der Waals surface area contributed by atoms with Gasteiger partial charge in [-0.1, -0.05) is 13.8 Å². The molecule has 1 aliphatic rings. The number of rotatable bonds is 6. The van der Waals surface area contributed by atoms with Crippen LogP contribution in [0.15, 0.2) is 12.1 Å². The van der Waals surface area contributed by atoms with Gasteiger partial charge in [0.25, 0.3) is 5.91 Å². The summed E-state index contributed by atoms with van der Waals surface area (Å²) in [6.45, 7) is 10.4. The van der Waals surface area contributed by atoms with Gasteiger partial charge < -0.3 is 10.6 Å². The highest BCUT2D eigenvalue weighted by Gasteiger charge is 2.13. The normalized spacial score (nSPS) is 16.6. The van der Waals surface area contributed by atoms with Gasteiger partial charge in [-0.3, -0.25) is 9.69 Å². The predicted octanol–water partition coefficient (Wildman–Crippen LogP) is 1.93. The van der Waals surface area contributed by atoms with E-state index >= 15 is 0 Å². The lowest BCUT2D eigenvalue weighted by Gasteiger charge is -2.26. The lowest BCUT2D eigenvalue weighted by atomic mass is 10.1. The van der Waals surface area contributed by atoms with Crippen molar-refractivity contribution >= 4 is 17.2 Å². The van der Waals surface area contributed by atoms with Gasteiger partial charge in [0.15, 0.2) is 0 Å². The second-order valence-electron chi connectivity index (χ2n) is 5.73. The third-order valence-corrected chi connectivity index (χ3v) is 4.55. The van der Waals surface area contributed by atoms with Crippen LogP contribution in [0.1, 0.15) is 34.8 Å². The Morgan fingerprint density at radius 1 is 1.40 bits per heavy atom. The van der Waals surface area contributed by atoms with Crippen molar-refractivity contribution in [2.24, 2.45) is 5.92 Å². The van der Waals surface area contributed by atoms with E-state index in [2.05, 4.69) is 35.4 Å². The number of thiophene rings is 1. The Morgan fingerprint density at radius 2 is 2.15 bits per heavy atom. The number of carbonyl (C=O) groups excluding carboxylic acids is 1. The topological polar surface area (TPSA) is 44.4 Å². The van der Waals surface area contributed by atoms with Gasteiger partial charge in [0.2, 0.25) is 0 Å². The first-order chi connectivity index (χ1) is 9.65. The van der Waals surface area contributed by atoms with Crippen molar-refractivity contribution in [2.45, 2.75) is 26.8 Å². The highest BCUT2D eigenvalue weighted by Crippen LogP contribution is 2.18. The van der Waals surface area contributed by atoms with Gasteiger partial charge >= 0.3 is 0 Å². The second kappa shape index (κ2) is 7.76. The number of piperazine rings is 1. The van der Waals surface area contributed by atoms with E-state index in [4.69, 9.17) is 0 Å². The molecular formula is C15H25N3OS. The summed E-state index contributed by atoms with van der Waals surface area (Å²) in [7, 11) is 0. The molecule has 2 rings (SSSR count). The molecule has 0 aliphatic carbocycles. The van der Waals surface area contributed by atoms with E-state index in [-0.39, 0.29) is 5.91 Å². The lowest BCUT2D eigenvalue weighted by molar-refractivity contribution is 0.0956. The maximum Gasteiger partial charge on any atom is 0.261 e. The number of hydrogen-bond acceptors (Lipinski definition) is 4. The summed E-state index contributed by atoms with van der Waals surface area (Å²) in [5, 5.41) is 6.35. The first kappa shape index (κ1) is 15.5. The Morgan fingerprint density at radius 3 is 2.85 bits per heavy atom. The third-order valence-electron chi connectivity index (χ3n) is 3.48. The van der Waals surface area contributed by atoms with Gasteiger partial charge in [0, 0.05) is 44.1 Å². The maximum absolute atomic E-state index is 12.0. The zero-order chi connectivity index (χ0) is 14.4. The van der Waals surface area contributed by atoms with Crippen LogP contribution in [-0.2, 0) is 6.54 Å². The zero-order valence-corrected chi connectivity index (χ0v) is 13.3. The van der Waals surface area contributed by atoms with Crippen molar-refractivity contribution in [1.29, 1.82) is 0 Å². The molecule has 112 valence electrons. The Hall–Kier alpha value is -0.910. The molecule has 20 heavy (non-hydrogen) atoms. The minimum atomic E-state index is 0.0715. The van der Waals surface area contributed by atoms with Crippen molar-refractivity contribution in [3.63, 3.8) is 0 Å². The summed E-state index contributed by atoms with van der Waals surface area (Å²) < 4.78 is 0. The molecule has 2 N–H and O–H groups in total. The molecule has 0 atom stereocenters. The third kappa shape index (κ3) is 4.89. The predicted molar refractivity (Wildman–Crippen MR) is 84.3 cm³/mol. The largest absolute Gasteiger partial charge is 0.351 e. The molecular weight excluding hydrogens is 270 g/mol. The van der Waals surface area contributed by atoms with Crippen molar-refractivity contribution in [1.82, 2.24) is 15.5 Å². The smallest absolute Gasteiger partial charge is 0.261 e. The van der Waals surface area contributed by atoms with E-state index in [0.717, 1.165) is 50.6 Å². The van der Waals surface area contributed by atoms with Crippen LogP contribution in [0.5, 0.6) is 0 Å². The molecule has 1 fully saturated rings. The van der Waals surface area contributed by atoms with Crippen LogP contribution in [0.4, 0.5) is 0 Å². The van der Waals surface area contributed by atoms with Gasteiger partial charge in [0.05, 0.1) is 4.88 Å². The molecule has 1 aliphatic heterocycles. The first-order valence-electron chi connectivity index (χ1n) is 7.45. The van der Waals surface area contributed by atoms with E-state index in [0.29, 0.717) is 5.92 Å². The van der Waals surface area contributed by atoms with Gasteiger partial charge in [0.1, 0.15) is 0 Å². The fourth-order valence-electron chi connectivity index (χ4n) is 2.24. The molecule has 0 saturated carbocycles. The molecule has 0 unspecified atom stereocenters. The monoisotopic (exact) mass is 295 g/mol. The van der Waals surface area contributed by atoms with E-state index in [9.17, 15) is 4.79 Å². The van der Waals surface area contributed by atoms with E-state index in [1.807, 2.05) is 6.07 Å². The van der Waals surface area contributed by atoms with E-state index < -0.39 is 0 Å². The molecule has 0 aromatic carbocycles. The van der Waals surface area contributed by atoms with Crippen LogP contribution in [0.2, 0.25) is 0 Å². The van der Waals surface area contributed by atoms with Crippen molar-refractivity contribution in [3.8, 4) is 0 Å². The number of nitrogens with one attached hydrogen (secondary N) is 2. The van der Waals surface area contributed by atoms with Crippen LogP contribution in [0.25, 0.3) is 0 Å². The highest BCUT2D eigenvalue weighted by atomic mass is 32.1. The molecule has 0 radical (unpaired) electrons. The molecule has 1 aromatic rings. The second-order valence-corrected chi connectivity index (χ2v) is 6.90. The average Bonchev–Trinajstić information content (AvgIpc) is 2.88. The van der Waals surface area contributed by atoms with Gasteiger partial charge in [-0.25, -0.2) is 0 Å². The van der Waals surface area contributed by atoms with Crippen molar-refractivity contribution in [3.05, 3.63) is 21.9 Å². The Balaban J connectivity index is 1.80. The maximum atomic E-state index is 12.0. The lowest BCUT2D eigenvalue weighted by Crippen LogP contribution is -2.42. The molecule has 0 spiro atoms. The Labute approximate surface area is 125 Å². The molecule has 1 saturated heterocycles. The molecule has 0 bridgehead atoms. The summed E-state index contributed by atoms with van der Waals surface area (Å²) in [6, 6.07) is 4.04. The average molecular weight is 295 g/mol. The fraction of sp³-hybridized carbons (Fsp3) is 0.667. The summed E-state index contributed by atoms with van der Waals surface area (Å²) in [5.41, 5.74) is 0. The van der Waals surface area contributed by atoms with Crippen LogP contribution in [-0.4, -0.2) is 43.5 Å². The number of carbonyl (C=O) groups is 1. The van der Waals surface area contributed by atoms with E-state index in [1.165, 1.54) is 4.88 Å². The minimum absolute atomic E-state index is 0.0715. The van der Waals surface area contributed by atoms with Gasteiger partial charge in [-0.2, -0.15) is 0 Å². The Kier molecular flexibility index (Phi) is 6.01. The van der Waals surface area contributed by atoms with Gasteiger partial charge in [-0.15, -0.1) is 11.3 Å². The highest BCUT2D eigenvalue weighted by molar-refractivity contribution is 7.14. The van der Waals surface area contributed by atoms with Crippen LogP contribution in [0.3, 0.4) is 0 Å². The standard InChI is InChI=1S/C15H25N3OS/c1-12(2)5-6-17-15(19)14-4-3-13(20-14)11-18-9-7-16-8-10-18/h3-4,12,16H,5-11H2,1-2H3,(H,17,19). The summed E-state index contributed by atoms with van der Waals surface area (Å²) >= 11 is 1.62. The van der Waals surface area contributed by atoms with E-state index in [1.54, 1.807) is 11.3 Å². The fourth-order valence-corrected chi connectivity index (χ4v) is 3.20. The zero-order valence-electron chi connectivity index (χ0n) is 12.4. The van der Waals surface area contributed by atoms with Crippen LogP contribution in [0, 0.1) is 5.92 Å². The minimum Gasteiger partial charge on any atom is -0.351 e. The SMILES string of the molecule is CC(C)CCNC(=O)c1ccc(CN2CCNCC2)s1. The molecule has 5 heteroatoms. The summed E-state index contributed by atoms with van der Waals surface area (Å²) in [5.74, 6) is 0.698. The molecule has 1 aromatic heterocycles. The van der Waals surface area contributed by atoms with Crippen molar-refractivity contribution in [2.75, 3.05) is 32.7 Å². The molecule has 2 heterocycles. The quantitative estimate of drug-likeness (QED) is 0.843. The number of nitrogens with zero attached hydrogens (tertiary/aromatic N) is 1. The molecule has 1 amide bonds. The summed E-state index contributed by atoms with van der Waals surface area (Å²) in [4.78, 5) is 16.6. The van der Waals surface area contributed by atoms with Crippen molar-refractivity contribution < 1.29 is 4.79 Å². The summed E-state index contributed by atoms with van der Waals surface area (Å²) in [6.07, 6.45) is 1.03. The number of amides is 1. The van der Waals surface area contributed by atoms with Crippen LogP contribution >= 0.6 is 11.3 Å². The van der Waals surface area contributed by atoms with Crippen LogP contribution < -0.4 is 10.6 Å². The molecule has 4 nitrogen and oxygen atoms in total.